The molecule has 4 aromatic rings. The third kappa shape index (κ3) is 4.11. The molecule has 1 aliphatic heterocycles. The summed E-state index contributed by atoms with van der Waals surface area (Å²) in [5, 5.41) is 15.7. The van der Waals surface area contributed by atoms with Crippen LogP contribution in [0.4, 0.5) is 20.5 Å². The van der Waals surface area contributed by atoms with Crippen LogP contribution in [0.1, 0.15) is 36.7 Å². The third-order valence-corrected chi connectivity index (χ3v) is 5.92. The number of nitrogens with one attached hydrogen (secondary N) is 2. The van der Waals surface area contributed by atoms with Gasteiger partial charge >= 0.3 is 0 Å². The Morgan fingerprint density at radius 3 is 2.77 bits per heavy atom. The van der Waals surface area contributed by atoms with Gasteiger partial charge in [-0.3, -0.25) is 4.79 Å². The molecule has 0 radical (unpaired) electrons. The average molecular weight is 473 g/mol. The van der Waals surface area contributed by atoms with Crippen LogP contribution in [0, 0.1) is 23.0 Å². The average Bonchev–Trinajstić information content (AvgIpc) is 2.84. The lowest BCUT2D eigenvalue weighted by molar-refractivity contribution is 0.594. The van der Waals surface area contributed by atoms with Crippen LogP contribution in [-0.2, 0) is 13.0 Å². The summed E-state index contributed by atoms with van der Waals surface area (Å²) in [5.74, 6) is -0.818. The second kappa shape index (κ2) is 8.85. The van der Waals surface area contributed by atoms with Gasteiger partial charge in [-0.1, -0.05) is 6.07 Å². The summed E-state index contributed by atoms with van der Waals surface area (Å²) in [4.78, 5) is 25.6. The molecule has 0 fully saturated rings. The minimum Gasteiger partial charge on any atom is -0.312 e. The van der Waals surface area contributed by atoms with Gasteiger partial charge in [0, 0.05) is 42.2 Å². The van der Waals surface area contributed by atoms with Gasteiger partial charge in [0.1, 0.15) is 29.0 Å². The van der Waals surface area contributed by atoms with E-state index in [1.54, 1.807) is 19.9 Å². The van der Waals surface area contributed by atoms with Crippen molar-refractivity contribution in [1.82, 2.24) is 24.8 Å². The molecule has 1 aromatic carbocycles. The number of pyridine rings is 2. The molecule has 176 valence electrons. The molecule has 0 saturated carbocycles. The fourth-order valence-electron chi connectivity index (χ4n) is 4.27. The lowest BCUT2D eigenvalue weighted by atomic mass is 10.0. The molecule has 5 rings (SSSR count). The van der Waals surface area contributed by atoms with Crippen molar-refractivity contribution in [2.24, 2.45) is 0 Å². The molecular formula is C25H21F2N7O. The Bertz CT molecular complexity index is 1570. The van der Waals surface area contributed by atoms with Crippen molar-refractivity contribution in [3.8, 4) is 17.3 Å². The van der Waals surface area contributed by atoms with Gasteiger partial charge in [-0.05, 0) is 43.7 Å². The van der Waals surface area contributed by atoms with Gasteiger partial charge in [0.05, 0.1) is 11.7 Å². The lowest BCUT2D eigenvalue weighted by Crippen LogP contribution is -2.24. The smallest absolute Gasteiger partial charge is 0.269 e. The maximum absolute atomic E-state index is 15.1. The van der Waals surface area contributed by atoms with E-state index in [9.17, 15) is 14.4 Å². The zero-order chi connectivity index (χ0) is 24.7. The first kappa shape index (κ1) is 22.6. The topological polar surface area (TPSA) is 109 Å². The minimum atomic E-state index is -0.745. The van der Waals surface area contributed by atoms with Crippen LogP contribution in [0.3, 0.4) is 0 Å². The van der Waals surface area contributed by atoms with Crippen molar-refractivity contribution in [2.45, 2.75) is 32.9 Å². The molecule has 0 bridgehead atoms. The Kier molecular flexibility index (Phi) is 5.70. The number of hydrogen-bond acceptors (Lipinski definition) is 7. The molecule has 0 amide bonds. The van der Waals surface area contributed by atoms with Crippen LogP contribution in [-0.4, -0.2) is 26.1 Å². The van der Waals surface area contributed by atoms with E-state index in [-0.39, 0.29) is 39.7 Å². The monoisotopic (exact) mass is 473 g/mol. The highest BCUT2D eigenvalue weighted by Gasteiger charge is 2.19. The standard InChI is InChI=1S/C25H21F2N7O/c1-13(2)34-21-9-15(8-18(26)17(21)7-16(10-28)24(34)35)23-19(27)12-30-25(33-23)32-22-4-3-14-11-29-6-5-20(14)31-22/h3-4,7-9,12-13,29H,5-6,11H2,1-2H3,(H,30,31,32,33). The molecule has 35 heavy (non-hydrogen) atoms. The summed E-state index contributed by atoms with van der Waals surface area (Å²) in [5.41, 5.74) is 1.65. The van der Waals surface area contributed by atoms with E-state index in [2.05, 4.69) is 25.6 Å². The van der Waals surface area contributed by atoms with Crippen LogP contribution in [0.15, 0.2) is 41.3 Å². The number of nitrogens with zero attached hydrogens (tertiary/aromatic N) is 5. The minimum absolute atomic E-state index is 0.0964. The van der Waals surface area contributed by atoms with Crippen molar-refractivity contribution >= 4 is 22.7 Å². The number of fused-ring (bicyclic) bond motifs is 2. The number of aromatic nitrogens is 4. The van der Waals surface area contributed by atoms with Gasteiger partial charge < -0.3 is 15.2 Å². The summed E-state index contributed by atoms with van der Waals surface area (Å²) in [6.07, 6.45) is 1.80. The molecule has 3 aromatic heterocycles. The zero-order valence-electron chi connectivity index (χ0n) is 19.1. The fourth-order valence-corrected chi connectivity index (χ4v) is 4.27. The first-order chi connectivity index (χ1) is 16.9. The van der Waals surface area contributed by atoms with Gasteiger partial charge in [0.2, 0.25) is 5.95 Å². The van der Waals surface area contributed by atoms with Crippen LogP contribution >= 0.6 is 0 Å². The largest absolute Gasteiger partial charge is 0.312 e. The highest BCUT2D eigenvalue weighted by atomic mass is 19.1. The molecule has 1 aliphatic rings. The van der Waals surface area contributed by atoms with Gasteiger partial charge in [-0.2, -0.15) is 5.26 Å². The van der Waals surface area contributed by atoms with Crippen LogP contribution in [0.25, 0.3) is 22.2 Å². The summed E-state index contributed by atoms with van der Waals surface area (Å²) in [7, 11) is 0. The summed E-state index contributed by atoms with van der Waals surface area (Å²) in [6.45, 7) is 5.10. The second-order valence-corrected chi connectivity index (χ2v) is 8.57. The number of hydrogen-bond donors (Lipinski definition) is 2. The highest BCUT2D eigenvalue weighted by molar-refractivity contribution is 5.86. The maximum Gasteiger partial charge on any atom is 0.269 e. The number of rotatable bonds is 4. The Morgan fingerprint density at radius 1 is 1.17 bits per heavy atom. The number of nitriles is 1. The predicted molar refractivity (Wildman–Crippen MR) is 127 cm³/mol. The van der Waals surface area contributed by atoms with Crippen molar-refractivity contribution in [3.05, 3.63) is 75.3 Å². The normalized spacial score (nSPS) is 13.0. The molecule has 10 heteroatoms. The predicted octanol–water partition coefficient (Wildman–Crippen LogP) is 3.97. The molecule has 0 aliphatic carbocycles. The third-order valence-electron chi connectivity index (χ3n) is 5.92. The van der Waals surface area contributed by atoms with Crippen LogP contribution in [0.5, 0.6) is 0 Å². The summed E-state index contributed by atoms with van der Waals surface area (Å²) < 4.78 is 31.3. The van der Waals surface area contributed by atoms with E-state index >= 15 is 4.39 Å². The zero-order valence-corrected chi connectivity index (χ0v) is 19.1. The van der Waals surface area contributed by atoms with Crippen molar-refractivity contribution in [3.63, 3.8) is 0 Å². The molecule has 0 saturated heterocycles. The van der Waals surface area contributed by atoms with E-state index in [1.807, 2.05) is 12.1 Å². The van der Waals surface area contributed by atoms with Crippen LogP contribution in [0.2, 0.25) is 0 Å². The second-order valence-electron chi connectivity index (χ2n) is 8.57. The first-order valence-corrected chi connectivity index (χ1v) is 11.1. The van der Waals surface area contributed by atoms with E-state index in [4.69, 9.17) is 0 Å². The van der Waals surface area contributed by atoms with E-state index < -0.39 is 17.2 Å². The summed E-state index contributed by atoms with van der Waals surface area (Å²) >= 11 is 0. The molecule has 0 unspecified atom stereocenters. The van der Waals surface area contributed by atoms with Gasteiger partial charge in [0.25, 0.3) is 5.56 Å². The Labute approximate surface area is 199 Å². The van der Waals surface area contributed by atoms with E-state index in [0.29, 0.717) is 5.82 Å². The molecule has 8 nitrogen and oxygen atoms in total. The molecule has 4 heterocycles. The van der Waals surface area contributed by atoms with E-state index in [1.165, 1.54) is 16.7 Å². The Hall–Kier alpha value is -4.23. The molecular weight excluding hydrogens is 452 g/mol. The van der Waals surface area contributed by atoms with Crippen molar-refractivity contribution in [1.29, 1.82) is 5.26 Å². The number of anilines is 2. The molecule has 0 atom stereocenters. The molecule has 0 spiro atoms. The Morgan fingerprint density at radius 2 is 2.00 bits per heavy atom. The highest BCUT2D eigenvalue weighted by Crippen LogP contribution is 2.29. The first-order valence-electron chi connectivity index (χ1n) is 11.1. The van der Waals surface area contributed by atoms with Gasteiger partial charge in [-0.15, -0.1) is 0 Å². The van der Waals surface area contributed by atoms with Crippen molar-refractivity contribution < 1.29 is 8.78 Å². The van der Waals surface area contributed by atoms with Crippen LogP contribution < -0.4 is 16.2 Å². The SMILES string of the molecule is CC(C)n1c(=O)c(C#N)cc2c(F)cc(-c3nc(Nc4ccc5c(n4)CCNC5)ncc3F)cc21. The van der Waals surface area contributed by atoms with Gasteiger partial charge in [0.15, 0.2) is 5.82 Å². The van der Waals surface area contributed by atoms with Crippen molar-refractivity contribution in [2.75, 3.05) is 11.9 Å². The molecule has 2 N–H and O–H groups in total. The quantitative estimate of drug-likeness (QED) is 0.462. The van der Waals surface area contributed by atoms with E-state index in [0.717, 1.165) is 43.0 Å². The maximum atomic E-state index is 15.1. The number of halogens is 2. The fraction of sp³-hybridized carbons (Fsp3) is 0.240. The summed E-state index contributed by atoms with van der Waals surface area (Å²) in [6, 6.07) is 9.07. The lowest BCUT2D eigenvalue weighted by Gasteiger charge is -2.17. The Balaban J connectivity index is 1.60. The number of benzene rings is 1. The van der Waals surface area contributed by atoms with Gasteiger partial charge in [-0.25, -0.2) is 23.7 Å².